The predicted molar refractivity (Wildman–Crippen MR) is 111 cm³/mol. The third-order valence-electron chi connectivity index (χ3n) is 4.38. The summed E-state index contributed by atoms with van der Waals surface area (Å²) in [5.41, 5.74) is 2.53. The standard InChI is InChI=1S/C19H23N3O4S2/c1-11(28-19-21-14-10-27-9-13(14)18(24)22-19)17(23)20-7-6-12-4-5-15(25-2)16(8-12)26-3/h4-5,8,11H,6-7,9-10H2,1-3H3,(H,20,23)(H,21,22,24). The lowest BCUT2D eigenvalue weighted by atomic mass is 10.1. The summed E-state index contributed by atoms with van der Waals surface area (Å²) in [4.78, 5) is 31.7. The second-order valence-corrected chi connectivity index (χ2v) is 8.59. The zero-order valence-electron chi connectivity index (χ0n) is 16.0. The van der Waals surface area contributed by atoms with Gasteiger partial charge < -0.3 is 19.8 Å². The third-order valence-corrected chi connectivity index (χ3v) is 6.34. The number of aromatic amines is 1. The number of H-pyrrole nitrogens is 1. The summed E-state index contributed by atoms with van der Waals surface area (Å²) in [6.07, 6.45) is 0.675. The van der Waals surface area contributed by atoms with E-state index >= 15 is 0 Å². The number of hydrogen-bond acceptors (Lipinski definition) is 7. The van der Waals surface area contributed by atoms with Crippen LogP contribution in [0.2, 0.25) is 0 Å². The normalized spacial score (nSPS) is 13.7. The molecule has 0 aliphatic carbocycles. The van der Waals surface area contributed by atoms with Gasteiger partial charge in [-0.1, -0.05) is 17.8 Å². The molecule has 1 aromatic heterocycles. The Kier molecular flexibility index (Phi) is 6.90. The zero-order valence-corrected chi connectivity index (χ0v) is 17.7. The van der Waals surface area contributed by atoms with Gasteiger partial charge in [-0.15, -0.1) is 0 Å². The fourth-order valence-corrected chi connectivity index (χ4v) is 4.70. The number of ether oxygens (including phenoxy) is 2. The van der Waals surface area contributed by atoms with Crippen LogP contribution < -0.4 is 20.3 Å². The number of aromatic nitrogens is 2. The van der Waals surface area contributed by atoms with E-state index in [1.807, 2.05) is 18.2 Å². The van der Waals surface area contributed by atoms with Crippen molar-refractivity contribution in [3.05, 3.63) is 45.4 Å². The molecule has 1 atom stereocenters. The van der Waals surface area contributed by atoms with E-state index in [-0.39, 0.29) is 16.7 Å². The Balaban J connectivity index is 1.52. The van der Waals surface area contributed by atoms with Gasteiger partial charge in [0.25, 0.3) is 5.56 Å². The fraction of sp³-hybridized carbons (Fsp3) is 0.421. The van der Waals surface area contributed by atoms with Gasteiger partial charge in [-0.2, -0.15) is 11.8 Å². The number of hydrogen-bond donors (Lipinski definition) is 2. The van der Waals surface area contributed by atoms with Gasteiger partial charge in [-0.3, -0.25) is 9.59 Å². The number of nitrogens with zero attached hydrogens (tertiary/aromatic N) is 1. The van der Waals surface area contributed by atoms with Gasteiger partial charge in [0.05, 0.1) is 25.2 Å². The first kappa shape index (κ1) is 20.6. The van der Waals surface area contributed by atoms with E-state index in [2.05, 4.69) is 15.3 Å². The van der Waals surface area contributed by atoms with E-state index in [1.54, 1.807) is 32.9 Å². The van der Waals surface area contributed by atoms with Crippen LogP contribution in [0.1, 0.15) is 23.7 Å². The first-order valence-electron chi connectivity index (χ1n) is 8.87. The molecule has 3 rings (SSSR count). The fourth-order valence-electron chi connectivity index (χ4n) is 2.83. The van der Waals surface area contributed by atoms with Crippen LogP contribution in [0, 0.1) is 0 Å². The maximum absolute atomic E-state index is 12.4. The molecule has 2 heterocycles. The van der Waals surface area contributed by atoms with Gasteiger partial charge in [0, 0.05) is 23.6 Å². The van der Waals surface area contributed by atoms with Gasteiger partial charge in [0.15, 0.2) is 16.7 Å². The van der Waals surface area contributed by atoms with Crippen molar-refractivity contribution in [1.29, 1.82) is 0 Å². The Morgan fingerprint density at radius 2 is 2.11 bits per heavy atom. The first-order valence-corrected chi connectivity index (χ1v) is 10.9. The Labute approximate surface area is 172 Å². The molecule has 0 saturated carbocycles. The highest BCUT2D eigenvalue weighted by Crippen LogP contribution is 2.28. The van der Waals surface area contributed by atoms with Gasteiger partial charge >= 0.3 is 0 Å². The summed E-state index contributed by atoms with van der Waals surface area (Å²) in [6.45, 7) is 2.31. The molecule has 2 N–H and O–H groups in total. The molecule has 7 nitrogen and oxygen atoms in total. The number of thioether (sulfide) groups is 2. The smallest absolute Gasteiger partial charge is 0.255 e. The molecule has 1 aliphatic rings. The summed E-state index contributed by atoms with van der Waals surface area (Å²) in [6, 6.07) is 5.70. The van der Waals surface area contributed by atoms with Crippen molar-refractivity contribution in [2.75, 3.05) is 20.8 Å². The molecule has 150 valence electrons. The van der Waals surface area contributed by atoms with Crippen LogP contribution in [0.3, 0.4) is 0 Å². The largest absolute Gasteiger partial charge is 0.493 e. The lowest BCUT2D eigenvalue weighted by Crippen LogP contribution is -2.32. The van der Waals surface area contributed by atoms with Gasteiger partial charge in [-0.05, 0) is 31.0 Å². The predicted octanol–water partition coefficient (Wildman–Crippen LogP) is 2.37. The Bertz CT molecular complexity index is 917. The van der Waals surface area contributed by atoms with Crippen molar-refractivity contribution in [3.63, 3.8) is 0 Å². The SMILES string of the molecule is COc1ccc(CCNC(=O)C(C)Sc2nc3c(c(=O)[nH]2)CSC3)cc1OC. The lowest BCUT2D eigenvalue weighted by molar-refractivity contribution is -0.120. The molecule has 1 aromatic carbocycles. The van der Waals surface area contributed by atoms with Crippen LogP contribution in [0.5, 0.6) is 11.5 Å². The van der Waals surface area contributed by atoms with E-state index in [0.717, 1.165) is 22.6 Å². The quantitative estimate of drug-likeness (QED) is 0.499. The molecule has 28 heavy (non-hydrogen) atoms. The van der Waals surface area contributed by atoms with Crippen LogP contribution in [0.25, 0.3) is 0 Å². The number of carbonyl (C=O) groups excluding carboxylic acids is 1. The first-order chi connectivity index (χ1) is 13.5. The second kappa shape index (κ2) is 9.38. The molecule has 0 radical (unpaired) electrons. The van der Waals surface area contributed by atoms with Crippen molar-refractivity contribution >= 4 is 29.4 Å². The monoisotopic (exact) mass is 421 g/mol. The van der Waals surface area contributed by atoms with Crippen molar-refractivity contribution in [2.45, 2.75) is 35.3 Å². The van der Waals surface area contributed by atoms with Crippen LogP contribution >= 0.6 is 23.5 Å². The van der Waals surface area contributed by atoms with Crippen LogP contribution in [-0.4, -0.2) is 41.9 Å². The minimum Gasteiger partial charge on any atom is -0.493 e. The molecular formula is C19H23N3O4S2. The summed E-state index contributed by atoms with van der Waals surface area (Å²) in [5, 5.41) is 3.06. The van der Waals surface area contributed by atoms with Crippen molar-refractivity contribution < 1.29 is 14.3 Å². The number of methoxy groups -OCH3 is 2. The average molecular weight is 422 g/mol. The highest BCUT2D eigenvalue weighted by molar-refractivity contribution is 8.00. The molecule has 1 aliphatic heterocycles. The van der Waals surface area contributed by atoms with E-state index in [9.17, 15) is 9.59 Å². The molecule has 0 fully saturated rings. The molecule has 0 bridgehead atoms. The van der Waals surface area contributed by atoms with Gasteiger partial charge in [-0.25, -0.2) is 4.98 Å². The van der Waals surface area contributed by atoms with E-state index in [4.69, 9.17) is 9.47 Å². The number of rotatable bonds is 8. The maximum atomic E-state index is 12.4. The summed E-state index contributed by atoms with van der Waals surface area (Å²) >= 11 is 2.94. The Morgan fingerprint density at radius 3 is 2.86 bits per heavy atom. The Hall–Kier alpha value is -2.13. The molecule has 1 amide bonds. The van der Waals surface area contributed by atoms with Crippen molar-refractivity contribution in [3.8, 4) is 11.5 Å². The number of nitrogens with one attached hydrogen (secondary N) is 2. The van der Waals surface area contributed by atoms with Crippen LogP contribution in [0.15, 0.2) is 28.2 Å². The van der Waals surface area contributed by atoms with E-state index in [1.165, 1.54) is 11.8 Å². The number of amides is 1. The zero-order chi connectivity index (χ0) is 20.1. The van der Waals surface area contributed by atoms with Gasteiger partial charge in [0.1, 0.15) is 0 Å². The molecule has 0 spiro atoms. The highest BCUT2D eigenvalue weighted by atomic mass is 32.2. The minimum atomic E-state index is -0.361. The molecule has 9 heteroatoms. The average Bonchev–Trinajstić information content (AvgIpc) is 3.16. The van der Waals surface area contributed by atoms with Crippen LogP contribution in [-0.2, 0) is 22.7 Å². The number of carbonyl (C=O) groups is 1. The summed E-state index contributed by atoms with van der Waals surface area (Å²) < 4.78 is 10.5. The van der Waals surface area contributed by atoms with Crippen molar-refractivity contribution in [1.82, 2.24) is 15.3 Å². The lowest BCUT2D eigenvalue weighted by Gasteiger charge is -2.13. The molecule has 1 unspecified atom stereocenters. The minimum absolute atomic E-state index is 0.0944. The van der Waals surface area contributed by atoms with E-state index < -0.39 is 0 Å². The molecular weight excluding hydrogens is 398 g/mol. The maximum Gasteiger partial charge on any atom is 0.255 e. The summed E-state index contributed by atoms with van der Waals surface area (Å²) in [5.74, 6) is 2.70. The number of benzene rings is 1. The Morgan fingerprint density at radius 1 is 1.32 bits per heavy atom. The second-order valence-electron chi connectivity index (χ2n) is 6.28. The highest BCUT2D eigenvalue weighted by Gasteiger charge is 2.20. The molecule has 0 saturated heterocycles. The van der Waals surface area contributed by atoms with E-state index in [0.29, 0.717) is 35.4 Å². The van der Waals surface area contributed by atoms with Crippen molar-refractivity contribution in [2.24, 2.45) is 0 Å². The third kappa shape index (κ3) is 4.82. The summed E-state index contributed by atoms with van der Waals surface area (Å²) in [7, 11) is 3.19. The molecule has 2 aromatic rings. The number of fused-ring (bicyclic) bond motifs is 1. The van der Waals surface area contributed by atoms with Crippen LogP contribution in [0.4, 0.5) is 0 Å². The topological polar surface area (TPSA) is 93.3 Å². The van der Waals surface area contributed by atoms with Gasteiger partial charge in [0.2, 0.25) is 5.91 Å².